The van der Waals surface area contributed by atoms with Gasteiger partial charge < -0.3 is 14.4 Å². The minimum Gasteiger partial charge on any atom is -0.441 e. The van der Waals surface area contributed by atoms with Crippen LogP contribution in [-0.4, -0.2) is 33.0 Å². The summed E-state index contributed by atoms with van der Waals surface area (Å²) in [6.45, 7) is 3.93. The molecule has 5 heteroatoms. The third-order valence-electron chi connectivity index (χ3n) is 3.56. The van der Waals surface area contributed by atoms with E-state index >= 15 is 0 Å². The summed E-state index contributed by atoms with van der Waals surface area (Å²) in [6, 6.07) is 9.69. The second kappa shape index (κ2) is 5.00. The third-order valence-corrected chi connectivity index (χ3v) is 3.56. The van der Waals surface area contributed by atoms with Crippen LogP contribution in [0.25, 0.3) is 11.5 Å². The Morgan fingerprint density at radius 2 is 2.05 bits per heavy atom. The monoisotopic (exact) mass is 286 g/mol. The Kier molecular flexibility index (Phi) is 3.29. The molecule has 1 aliphatic rings. The number of carbonyl (C=O) groups is 1. The molecule has 0 atom stereocenters. The van der Waals surface area contributed by atoms with Crippen molar-refractivity contribution in [2.75, 3.05) is 6.54 Å². The molecular weight excluding hydrogens is 268 g/mol. The largest absolute Gasteiger partial charge is 0.441 e. The average Bonchev–Trinajstić information content (AvgIpc) is 2.89. The summed E-state index contributed by atoms with van der Waals surface area (Å²) in [5.74, 6) is 1.13. The number of oxazole rings is 1. The fourth-order valence-corrected chi connectivity index (χ4v) is 2.46. The molecule has 1 aromatic heterocycles. The fraction of sp³-hybridized carbons (Fsp3) is 0.375. The maximum Gasteiger partial charge on any atom is 0.254 e. The number of hydrogen-bond donors (Lipinski definition) is 1. The molecule has 0 spiro atoms. The summed E-state index contributed by atoms with van der Waals surface area (Å²) < 4.78 is 5.79. The Bertz CT molecular complexity index is 656. The van der Waals surface area contributed by atoms with Gasteiger partial charge in [-0.05, 0) is 26.0 Å². The van der Waals surface area contributed by atoms with Gasteiger partial charge >= 0.3 is 0 Å². The van der Waals surface area contributed by atoms with Crippen molar-refractivity contribution in [3.05, 3.63) is 41.8 Å². The van der Waals surface area contributed by atoms with Crippen LogP contribution in [0.3, 0.4) is 0 Å². The molecule has 21 heavy (non-hydrogen) atoms. The summed E-state index contributed by atoms with van der Waals surface area (Å²) in [5.41, 5.74) is 0.341. The molecule has 0 saturated heterocycles. The zero-order valence-corrected chi connectivity index (χ0v) is 12.2. The highest BCUT2D eigenvalue weighted by atomic mass is 16.4. The molecule has 3 rings (SSSR count). The van der Waals surface area contributed by atoms with Crippen molar-refractivity contribution >= 4 is 5.91 Å². The second-order valence-corrected chi connectivity index (χ2v) is 5.79. The van der Waals surface area contributed by atoms with Crippen molar-refractivity contribution in [2.24, 2.45) is 0 Å². The van der Waals surface area contributed by atoms with E-state index in [0.29, 0.717) is 25.4 Å². The Labute approximate surface area is 123 Å². The van der Waals surface area contributed by atoms with Gasteiger partial charge in [-0.15, -0.1) is 0 Å². The van der Waals surface area contributed by atoms with E-state index in [1.165, 1.54) is 13.8 Å². The smallest absolute Gasteiger partial charge is 0.254 e. The van der Waals surface area contributed by atoms with E-state index < -0.39 is 5.60 Å². The van der Waals surface area contributed by atoms with Crippen LogP contribution in [0.2, 0.25) is 0 Å². The number of fused-ring (bicyclic) bond motifs is 1. The topological polar surface area (TPSA) is 66.6 Å². The van der Waals surface area contributed by atoms with Crippen LogP contribution in [0.4, 0.5) is 0 Å². The van der Waals surface area contributed by atoms with Gasteiger partial charge in [0, 0.05) is 18.5 Å². The van der Waals surface area contributed by atoms with Gasteiger partial charge in [0.1, 0.15) is 17.1 Å². The van der Waals surface area contributed by atoms with Gasteiger partial charge in [-0.1, -0.05) is 18.2 Å². The van der Waals surface area contributed by atoms with E-state index in [9.17, 15) is 9.90 Å². The first-order valence-corrected chi connectivity index (χ1v) is 7.01. The molecule has 1 aromatic carbocycles. The number of benzene rings is 1. The van der Waals surface area contributed by atoms with Crippen molar-refractivity contribution in [3.63, 3.8) is 0 Å². The van der Waals surface area contributed by atoms with E-state index in [4.69, 9.17) is 4.42 Å². The summed E-state index contributed by atoms with van der Waals surface area (Å²) >= 11 is 0. The minimum atomic E-state index is -1.36. The molecule has 0 fully saturated rings. The van der Waals surface area contributed by atoms with E-state index in [1.807, 2.05) is 30.3 Å². The minimum absolute atomic E-state index is 0.280. The highest BCUT2D eigenvalue weighted by Crippen LogP contribution is 2.26. The van der Waals surface area contributed by atoms with Gasteiger partial charge in [0.2, 0.25) is 5.89 Å². The summed E-state index contributed by atoms with van der Waals surface area (Å²) in [5, 5.41) is 9.83. The quantitative estimate of drug-likeness (QED) is 0.917. The maximum absolute atomic E-state index is 12.1. The van der Waals surface area contributed by atoms with Crippen LogP contribution in [0.5, 0.6) is 0 Å². The van der Waals surface area contributed by atoms with Crippen LogP contribution >= 0.6 is 0 Å². The first-order chi connectivity index (χ1) is 9.95. The molecule has 0 aliphatic carbocycles. The van der Waals surface area contributed by atoms with Gasteiger partial charge in [0.15, 0.2) is 0 Å². The summed E-state index contributed by atoms with van der Waals surface area (Å²) in [4.78, 5) is 18.2. The molecule has 0 radical (unpaired) electrons. The van der Waals surface area contributed by atoms with E-state index in [2.05, 4.69) is 4.98 Å². The molecule has 0 saturated carbocycles. The van der Waals surface area contributed by atoms with E-state index in [-0.39, 0.29) is 5.91 Å². The molecule has 1 amide bonds. The first kappa shape index (κ1) is 13.8. The standard InChI is InChI=1S/C16H18N2O3/c1-16(2,20)15(19)18-9-8-13-12(10-18)17-14(21-13)11-6-4-3-5-7-11/h3-7,20H,8-10H2,1-2H3. The predicted octanol–water partition coefficient (Wildman–Crippen LogP) is 2.00. The molecule has 0 bridgehead atoms. The Balaban J connectivity index is 1.84. The number of nitrogens with zero attached hydrogens (tertiary/aromatic N) is 2. The van der Waals surface area contributed by atoms with Gasteiger partial charge in [0.05, 0.1) is 6.54 Å². The number of hydrogen-bond acceptors (Lipinski definition) is 4. The molecule has 1 N–H and O–H groups in total. The molecule has 0 unspecified atom stereocenters. The second-order valence-electron chi connectivity index (χ2n) is 5.79. The van der Waals surface area contributed by atoms with Gasteiger partial charge in [0.25, 0.3) is 5.91 Å². The van der Waals surface area contributed by atoms with Crippen LogP contribution in [-0.2, 0) is 17.8 Å². The van der Waals surface area contributed by atoms with Crippen molar-refractivity contribution < 1.29 is 14.3 Å². The van der Waals surface area contributed by atoms with Crippen LogP contribution in [0.15, 0.2) is 34.7 Å². The van der Waals surface area contributed by atoms with Gasteiger partial charge in [-0.3, -0.25) is 4.79 Å². The van der Waals surface area contributed by atoms with Crippen LogP contribution in [0.1, 0.15) is 25.3 Å². The van der Waals surface area contributed by atoms with Crippen molar-refractivity contribution in [2.45, 2.75) is 32.4 Å². The highest BCUT2D eigenvalue weighted by molar-refractivity contribution is 5.84. The van der Waals surface area contributed by atoms with Crippen molar-refractivity contribution in [1.82, 2.24) is 9.88 Å². The fourth-order valence-electron chi connectivity index (χ4n) is 2.46. The lowest BCUT2D eigenvalue weighted by molar-refractivity contribution is -0.148. The first-order valence-electron chi connectivity index (χ1n) is 7.01. The Morgan fingerprint density at radius 1 is 1.33 bits per heavy atom. The molecule has 1 aliphatic heterocycles. The number of aliphatic hydroxyl groups is 1. The lowest BCUT2D eigenvalue weighted by Crippen LogP contribution is -2.47. The van der Waals surface area contributed by atoms with Crippen LogP contribution in [0, 0.1) is 0 Å². The normalized spacial score (nSPS) is 14.9. The molecule has 2 heterocycles. The number of amides is 1. The van der Waals surface area contributed by atoms with E-state index in [1.54, 1.807) is 4.90 Å². The number of rotatable bonds is 2. The van der Waals surface area contributed by atoms with E-state index in [0.717, 1.165) is 17.0 Å². The van der Waals surface area contributed by atoms with Crippen molar-refractivity contribution in [1.29, 1.82) is 0 Å². The Morgan fingerprint density at radius 3 is 2.71 bits per heavy atom. The third kappa shape index (κ3) is 2.69. The summed E-state index contributed by atoms with van der Waals surface area (Å²) in [6.07, 6.45) is 0.622. The maximum atomic E-state index is 12.1. The van der Waals surface area contributed by atoms with Gasteiger partial charge in [-0.2, -0.15) is 0 Å². The molecular formula is C16H18N2O3. The average molecular weight is 286 g/mol. The lowest BCUT2D eigenvalue weighted by atomic mass is 10.1. The lowest BCUT2D eigenvalue weighted by Gasteiger charge is -2.30. The van der Waals surface area contributed by atoms with Crippen LogP contribution < -0.4 is 0 Å². The molecule has 5 nitrogen and oxygen atoms in total. The zero-order chi connectivity index (χ0) is 15.0. The summed E-state index contributed by atoms with van der Waals surface area (Å²) in [7, 11) is 0. The SMILES string of the molecule is CC(C)(O)C(=O)N1CCc2oc(-c3ccccc3)nc2C1. The number of carbonyl (C=O) groups excluding carboxylic acids is 1. The predicted molar refractivity (Wildman–Crippen MR) is 77.4 cm³/mol. The van der Waals surface area contributed by atoms with Crippen molar-refractivity contribution in [3.8, 4) is 11.5 Å². The Hall–Kier alpha value is -2.14. The number of aromatic nitrogens is 1. The molecule has 2 aromatic rings. The highest BCUT2D eigenvalue weighted by Gasteiger charge is 2.33. The van der Waals surface area contributed by atoms with Gasteiger partial charge in [-0.25, -0.2) is 4.98 Å². The molecule has 110 valence electrons. The zero-order valence-electron chi connectivity index (χ0n) is 12.2.